The lowest BCUT2D eigenvalue weighted by Crippen LogP contribution is -2.32. The van der Waals surface area contributed by atoms with Crippen molar-refractivity contribution in [3.05, 3.63) is 45.7 Å². The second-order valence-corrected chi connectivity index (χ2v) is 7.25. The van der Waals surface area contributed by atoms with Crippen LogP contribution in [-0.2, 0) is 15.6 Å². The maximum Gasteiger partial charge on any atom is 0.257 e. The van der Waals surface area contributed by atoms with E-state index in [-0.39, 0.29) is 28.9 Å². The highest BCUT2D eigenvalue weighted by molar-refractivity contribution is 7.84. The maximum absolute atomic E-state index is 12.6. The van der Waals surface area contributed by atoms with Crippen LogP contribution in [-0.4, -0.2) is 32.9 Å². The Morgan fingerprint density at radius 1 is 1.28 bits per heavy atom. The van der Waals surface area contributed by atoms with Gasteiger partial charge in [-0.15, -0.1) is 0 Å². The minimum absolute atomic E-state index is 0.0984. The van der Waals surface area contributed by atoms with Crippen molar-refractivity contribution >= 4 is 22.5 Å². The Morgan fingerprint density at radius 2 is 2.00 bits per heavy atom. The number of H-pyrrole nitrogens is 1. The van der Waals surface area contributed by atoms with Gasteiger partial charge in [0.25, 0.3) is 5.56 Å². The normalized spacial score (nSPS) is 17.5. The second kappa shape index (κ2) is 7.18. The average Bonchev–Trinajstić information content (AvgIpc) is 2.60. The summed E-state index contributed by atoms with van der Waals surface area (Å²) in [4.78, 5) is 31.5. The van der Waals surface area contributed by atoms with Crippen molar-refractivity contribution in [3.63, 3.8) is 0 Å². The quantitative estimate of drug-likeness (QED) is 0.791. The predicted molar refractivity (Wildman–Crippen MR) is 94.5 cm³/mol. The SMILES string of the molecule is CCCS(=O)c1nc2c(c(=O)[nH]1)[C@H](c1ccc(OC)cc1)CC(=O)N2. The van der Waals surface area contributed by atoms with Gasteiger partial charge in [0.15, 0.2) is 0 Å². The van der Waals surface area contributed by atoms with E-state index in [0.29, 0.717) is 23.5 Å². The molecule has 1 aliphatic heterocycles. The minimum atomic E-state index is -1.40. The van der Waals surface area contributed by atoms with E-state index >= 15 is 0 Å². The zero-order chi connectivity index (χ0) is 18.0. The largest absolute Gasteiger partial charge is 0.497 e. The smallest absolute Gasteiger partial charge is 0.257 e. The summed E-state index contributed by atoms with van der Waals surface area (Å²) in [5.74, 6) is 0.664. The van der Waals surface area contributed by atoms with Crippen LogP contribution in [0.25, 0.3) is 0 Å². The van der Waals surface area contributed by atoms with Gasteiger partial charge in [0.05, 0.1) is 23.5 Å². The number of carbonyl (C=O) groups excluding carboxylic acids is 1. The van der Waals surface area contributed by atoms with Gasteiger partial charge in [-0.1, -0.05) is 19.1 Å². The Balaban J connectivity index is 2.06. The summed E-state index contributed by atoms with van der Waals surface area (Å²) in [7, 11) is 0.177. The molecule has 0 radical (unpaired) electrons. The predicted octanol–water partition coefficient (Wildman–Crippen LogP) is 1.77. The maximum atomic E-state index is 12.6. The summed E-state index contributed by atoms with van der Waals surface area (Å²) in [6.07, 6.45) is 0.857. The monoisotopic (exact) mass is 361 g/mol. The van der Waals surface area contributed by atoms with E-state index in [9.17, 15) is 13.8 Å². The van der Waals surface area contributed by atoms with E-state index in [1.165, 1.54) is 0 Å². The highest BCUT2D eigenvalue weighted by atomic mass is 32.2. The van der Waals surface area contributed by atoms with E-state index < -0.39 is 16.7 Å². The number of aromatic nitrogens is 2. The summed E-state index contributed by atoms with van der Waals surface area (Å²) in [5.41, 5.74) is 0.846. The number of aromatic amines is 1. The molecule has 0 bridgehead atoms. The van der Waals surface area contributed by atoms with Crippen LogP contribution >= 0.6 is 0 Å². The van der Waals surface area contributed by atoms with Crippen LogP contribution in [0, 0.1) is 0 Å². The Bertz CT molecular complexity index is 876. The Labute approximate surface area is 147 Å². The zero-order valence-corrected chi connectivity index (χ0v) is 14.8. The van der Waals surface area contributed by atoms with Crippen molar-refractivity contribution in [2.24, 2.45) is 0 Å². The molecular formula is C17H19N3O4S. The molecule has 2 aromatic rings. The van der Waals surface area contributed by atoms with Gasteiger partial charge in [-0.2, -0.15) is 0 Å². The first-order valence-corrected chi connectivity index (χ1v) is 9.31. The van der Waals surface area contributed by atoms with E-state index in [2.05, 4.69) is 15.3 Å². The first-order chi connectivity index (χ1) is 12.0. The summed E-state index contributed by atoms with van der Waals surface area (Å²) >= 11 is 0. The van der Waals surface area contributed by atoms with Crippen molar-refractivity contribution in [2.75, 3.05) is 18.2 Å². The lowest BCUT2D eigenvalue weighted by molar-refractivity contribution is -0.116. The molecular weight excluding hydrogens is 342 g/mol. The average molecular weight is 361 g/mol. The topological polar surface area (TPSA) is 101 Å². The molecule has 0 aliphatic carbocycles. The number of amides is 1. The number of nitrogens with one attached hydrogen (secondary N) is 2. The summed E-state index contributed by atoms with van der Waals surface area (Å²) in [6, 6.07) is 7.23. The summed E-state index contributed by atoms with van der Waals surface area (Å²) < 4.78 is 17.3. The van der Waals surface area contributed by atoms with Crippen LogP contribution in [0.15, 0.2) is 34.2 Å². The van der Waals surface area contributed by atoms with E-state index in [1.54, 1.807) is 19.2 Å². The number of methoxy groups -OCH3 is 1. The molecule has 0 saturated heterocycles. The number of fused-ring (bicyclic) bond motifs is 1. The highest BCUT2D eigenvalue weighted by Gasteiger charge is 2.31. The van der Waals surface area contributed by atoms with Gasteiger partial charge in [0.2, 0.25) is 11.1 Å². The molecule has 1 unspecified atom stereocenters. The molecule has 2 atom stereocenters. The number of rotatable bonds is 5. The van der Waals surface area contributed by atoms with Crippen LogP contribution in [0.4, 0.5) is 5.82 Å². The van der Waals surface area contributed by atoms with Gasteiger partial charge in [0, 0.05) is 18.1 Å². The van der Waals surface area contributed by atoms with E-state index in [1.807, 2.05) is 19.1 Å². The number of anilines is 1. The van der Waals surface area contributed by atoms with Crippen LogP contribution in [0.1, 0.15) is 36.8 Å². The second-order valence-electron chi connectivity index (χ2n) is 5.76. The molecule has 1 aromatic carbocycles. The van der Waals surface area contributed by atoms with Gasteiger partial charge >= 0.3 is 0 Å². The Morgan fingerprint density at radius 3 is 2.64 bits per heavy atom. The lowest BCUT2D eigenvalue weighted by atomic mass is 9.87. The van der Waals surface area contributed by atoms with Gasteiger partial charge < -0.3 is 10.1 Å². The van der Waals surface area contributed by atoms with E-state index in [0.717, 1.165) is 5.56 Å². The van der Waals surface area contributed by atoms with Crippen molar-refractivity contribution < 1.29 is 13.7 Å². The van der Waals surface area contributed by atoms with Crippen LogP contribution in [0.3, 0.4) is 0 Å². The third-order valence-electron chi connectivity index (χ3n) is 4.05. The van der Waals surface area contributed by atoms with Crippen LogP contribution in [0.5, 0.6) is 5.75 Å². The first kappa shape index (κ1) is 17.3. The zero-order valence-electron chi connectivity index (χ0n) is 14.0. The fourth-order valence-electron chi connectivity index (χ4n) is 2.86. The molecule has 132 valence electrons. The molecule has 1 amide bonds. The van der Waals surface area contributed by atoms with E-state index in [4.69, 9.17) is 4.74 Å². The van der Waals surface area contributed by atoms with Crippen molar-refractivity contribution in [2.45, 2.75) is 30.8 Å². The third kappa shape index (κ3) is 3.48. The van der Waals surface area contributed by atoms with Gasteiger partial charge in [-0.3, -0.25) is 18.8 Å². The summed E-state index contributed by atoms with van der Waals surface area (Å²) in [5, 5.41) is 2.73. The van der Waals surface area contributed by atoms with Crippen molar-refractivity contribution in [1.29, 1.82) is 0 Å². The number of ether oxygens (including phenoxy) is 1. The Hall–Kier alpha value is -2.48. The van der Waals surface area contributed by atoms with Gasteiger partial charge in [0.1, 0.15) is 11.6 Å². The lowest BCUT2D eigenvalue weighted by Gasteiger charge is -2.24. The van der Waals surface area contributed by atoms with Crippen LogP contribution in [0.2, 0.25) is 0 Å². The molecule has 1 aromatic heterocycles. The molecule has 3 rings (SSSR count). The molecule has 0 saturated carbocycles. The van der Waals surface area contributed by atoms with Crippen molar-refractivity contribution in [1.82, 2.24) is 9.97 Å². The summed E-state index contributed by atoms with van der Waals surface area (Å²) in [6.45, 7) is 1.90. The van der Waals surface area contributed by atoms with Gasteiger partial charge in [-0.25, -0.2) is 4.98 Å². The van der Waals surface area contributed by atoms with Crippen molar-refractivity contribution in [3.8, 4) is 5.75 Å². The number of carbonyl (C=O) groups is 1. The third-order valence-corrected chi connectivity index (χ3v) is 5.46. The molecule has 2 N–H and O–H groups in total. The molecule has 1 aliphatic rings. The molecule has 0 fully saturated rings. The molecule has 7 nitrogen and oxygen atoms in total. The van der Waals surface area contributed by atoms with Gasteiger partial charge in [-0.05, 0) is 24.1 Å². The fourth-order valence-corrected chi connectivity index (χ4v) is 3.83. The number of nitrogens with zero attached hydrogens (tertiary/aromatic N) is 1. The number of hydrogen-bond donors (Lipinski definition) is 2. The molecule has 25 heavy (non-hydrogen) atoms. The number of hydrogen-bond acceptors (Lipinski definition) is 5. The molecule has 0 spiro atoms. The Kier molecular flexibility index (Phi) is 4.98. The first-order valence-electron chi connectivity index (χ1n) is 7.99. The highest BCUT2D eigenvalue weighted by Crippen LogP contribution is 2.34. The van der Waals surface area contributed by atoms with Crippen LogP contribution < -0.4 is 15.6 Å². The standard InChI is InChI=1S/C17H19N3O4S/c1-3-8-25(23)17-19-15-14(16(22)20-17)12(9-13(21)18-15)10-4-6-11(24-2)7-5-10/h4-7,12H,3,8-9H2,1-2H3,(H2,18,19,20,21,22)/t12-,25?/m0/s1. The number of benzene rings is 1. The minimum Gasteiger partial charge on any atom is -0.497 e. The molecule has 8 heteroatoms. The molecule has 2 heterocycles. The fraction of sp³-hybridized carbons (Fsp3) is 0.353.